The normalized spacial score (nSPS) is 24.3. The maximum absolute atomic E-state index is 11.4. The molecule has 1 aromatic heterocycles. The number of carbonyl (C=O) groups is 2. The Labute approximate surface area is 79.3 Å². The molecule has 74 valence electrons. The average Bonchev–Trinajstić information content (AvgIpc) is 2.80. The number of H-pyrrole nitrogens is 1. The van der Waals surface area contributed by atoms with Crippen molar-refractivity contribution in [2.75, 3.05) is 5.32 Å². The maximum Gasteiger partial charge on any atom is 0.307 e. The van der Waals surface area contributed by atoms with Crippen LogP contribution in [0.25, 0.3) is 0 Å². The Balaban J connectivity index is 1.90. The number of carboxylic acids is 1. The number of anilines is 1. The van der Waals surface area contributed by atoms with Gasteiger partial charge in [0.05, 0.1) is 18.0 Å². The molecule has 0 radical (unpaired) electrons. The number of amides is 1. The van der Waals surface area contributed by atoms with Crippen molar-refractivity contribution in [2.45, 2.75) is 6.42 Å². The highest BCUT2D eigenvalue weighted by Gasteiger charge is 2.48. The standard InChI is InChI=1S/C8H9N3O3/c12-7(4-3-5(4)8(13)14)10-6-1-2-9-11-6/h1-2,4-5H,3H2,(H,13,14)(H2,9,10,11,12)/t4-,5+/m0/s1. The third-order valence-corrected chi connectivity index (χ3v) is 2.20. The van der Waals surface area contributed by atoms with E-state index in [1.54, 1.807) is 6.07 Å². The van der Waals surface area contributed by atoms with E-state index in [9.17, 15) is 9.59 Å². The van der Waals surface area contributed by atoms with Crippen LogP contribution in [0.1, 0.15) is 6.42 Å². The Hall–Kier alpha value is -1.85. The van der Waals surface area contributed by atoms with Crippen molar-refractivity contribution in [2.24, 2.45) is 11.8 Å². The topological polar surface area (TPSA) is 95.1 Å². The number of hydrogen-bond acceptors (Lipinski definition) is 3. The van der Waals surface area contributed by atoms with Gasteiger partial charge < -0.3 is 10.4 Å². The molecule has 0 spiro atoms. The Morgan fingerprint density at radius 1 is 1.57 bits per heavy atom. The van der Waals surface area contributed by atoms with E-state index in [1.807, 2.05) is 0 Å². The van der Waals surface area contributed by atoms with E-state index in [2.05, 4.69) is 15.5 Å². The molecule has 1 aliphatic rings. The molecule has 1 saturated carbocycles. The van der Waals surface area contributed by atoms with Crippen LogP contribution in [0.3, 0.4) is 0 Å². The molecular formula is C8H9N3O3. The molecule has 2 rings (SSSR count). The first-order valence-corrected chi connectivity index (χ1v) is 4.21. The molecule has 6 heteroatoms. The average molecular weight is 195 g/mol. The van der Waals surface area contributed by atoms with Gasteiger partial charge in [0, 0.05) is 6.07 Å². The number of carboxylic acid groups (broad SMARTS) is 1. The second-order valence-electron chi connectivity index (χ2n) is 3.25. The first kappa shape index (κ1) is 8.74. The molecule has 1 amide bonds. The molecule has 3 N–H and O–H groups in total. The van der Waals surface area contributed by atoms with E-state index in [1.165, 1.54) is 6.20 Å². The highest BCUT2D eigenvalue weighted by molar-refractivity contribution is 5.97. The zero-order chi connectivity index (χ0) is 10.1. The summed E-state index contributed by atoms with van der Waals surface area (Å²) in [5.74, 6) is -1.59. The minimum absolute atomic E-state index is 0.262. The number of nitrogens with one attached hydrogen (secondary N) is 2. The highest BCUT2D eigenvalue weighted by Crippen LogP contribution is 2.39. The molecule has 1 fully saturated rings. The van der Waals surface area contributed by atoms with Crippen molar-refractivity contribution in [3.8, 4) is 0 Å². The van der Waals surface area contributed by atoms with E-state index in [4.69, 9.17) is 5.11 Å². The summed E-state index contributed by atoms with van der Waals surface area (Å²) in [6, 6.07) is 1.61. The van der Waals surface area contributed by atoms with Gasteiger partial charge in [-0.2, -0.15) is 5.10 Å². The summed E-state index contributed by atoms with van der Waals surface area (Å²) < 4.78 is 0. The molecule has 0 aliphatic heterocycles. The first-order chi connectivity index (χ1) is 6.68. The van der Waals surface area contributed by atoms with Crippen LogP contribution in [-0.2, 0) is 9.59 Å². The summed E-state index contributed by atoms with van der Waals surface area (Å²) >= 11 is 0. The van der Waals surface area contributed by atoms with Gasteiger partial charge in [-0.05, 0) is 6.42 Å². The molecule has 0 bridgehead atoms. The SMILES string of the molecule is O=C(Nc1ccn[nH]1)[C@H]1C[C@H]1C(=O)O. The van der Waals surface area contributed by atoms with Gasteiger partial charge in [0.25, 0.3) is 0 Å². The largest absolute Gasteiger partial charge is 0.481 e. The smallest absolute Gasteiger partial charge is 0.307 e. The van der Waals surface area contributed by atoms with Crippen molar-refractivity contribution in [1.82, 2.24) is 10.2 Å². The van der Waals surface area contributed by atoms with Crippen molar-refractivity contribution in [3.63, 3.8) is 0 Å². The number of carbonyl (C=O) groups excluding carboxylic acids is 1. The highest BCUT2D eigenvalue weighted by atomic mass is 16.4. The zero-order valence-electron chi connectivity index (χ0n) is 7.23. The molecule has 1 aromatic rings. The molecule has 0 unspecified atom stereocenters. The molecule has 6 nitrogen and oxygen atoms in total. The van der Waals surface area contributed by atoms with Crippen LogP contribution >= 0.6 is 0 Å². The van der Waals surface area contributed by atoms with Gasteiger partial charge in [-0.3, -0.25) is 14.7 Å². The second kappa shape index (κ2) is 3.13. The van der Waals surface area contributed by atoms with Gasteiger partial charge in [-0.15, -0.1) is 0 Å². The number of aliphatic carboxylic acids is 1. The van der Waals surface area contributed by atoms with Crippen LogP contribution in [0.5, 0.6) is 0 Å². The van der Waals surface area contributed by atoms with Crippen molar-refractivity contribution < 1.29 is 14.7 Å². The fourth-order valence-electron chi connectivity index (χ4n) is 1.31. The summed E-state index contributed by atoms with van der Waals surface area (Å²) in [7, 11) is 0. The van der Waals surface area contributed by atoms with Crippen LogP contribution in [-0.4, -0.2) is 27.2 Å². The molecule has 2 atom stereocenters. The molecule has 14 heavy (non-hydrogen) atoms. The van der Waals surface area contributed by atoms with E-state index in [0.717, 1.165) is 0 Å². The monoisotopic (exact) mass is 195 g/mol. The fourth-order valence-corrected chi connectivity index (χ4v) is 1.31. The predicted molar refractivity (Wildman–Crippen MR) is 46.5 cm³/mol. The minimum Gasteiger partial charge on any atom is -0.481 e. The quantitative estimate of drug-likeness (QED) is 0.636. The lowest BCUT2D eigenvalue weighted by Gasteiger charge is -1.99. The first-order valence-electron chi connectivity index (χ1n) is 4.21. The van der Waals surface area contributed by atoms with Gasteiger partial charge in [0.1, 0.15) is 5.82 Å². The molecular weight excluding hydrogens is 186 g/mol. The Morgan fingerprint density at radius 2 is 2.36 bits per heavy atom. The fraction of sp³-hybridized carbons (Fsp3) is 0.375. The second-order valence-corrected chi connectivity index (χ2v) is 3.25. The lowest BCUT2D eigenvalue weighted by molar-refractivity contribution is -0.139. The molecule has 0 saturated heterocycles. The van der Waals surface area contributed by atoms with Crippen molar-refractivity contribution in [1.29, 1.82) is 0 Å². The van der Waals surface area contributed by atoms with Crippen LogP contribution in [0.2, 0.25) is 0 Å². The number of hydrogen-bond donors (Lipinski definition) is 3. The van der Waals surface area contributed by atoms with Crippen LogP contribution in [0, 0.1) is 11.8 Å². The lowest BCUT2D eigenvalue weighted by atomic mass is 10.3. The van der Waals surface area contributed by atoms with Gasteiger partial charge in [0.2, 0.25) is 5.91 Å². The maximum atomic E-state index is 11.4. The van der Waals surface area contributed by atoms with Gasteiger partial charge in [-0.1, -0.05) is 0 Å². The van der Waals surface area contributed by atoms with Crippen LogP contribution in [0.15, 0.2) is 12.3 Å². The Morgan fingerprint density at radius 3 is 2.86 bits per heavy atom. The van der Waals surface area contributed by atoms with E-state index >= 15 is 0 Å². The summed E-state index contributed by atoms with van der Waals surface area (Å²) in [5.41, 5.74) is 0. The van der Waals surface area contributed by atoms with E-state index in [-0.39, 0.29) is 5.91 Å². The Kier molecular flexibility index (Phi) is 1.95. The zero-order valence-corrected chi connectivity index (χ0v) is 7.23. The van der Waals surface area contributed by atoms with E-state index < -0.39 is 17.8 Å². The van der Waals surface area contributed by atoms with Gasteiger partial charge in [-0.25, -0.2) is 0 Å². The molecule has 0 aromatic carbocycles. The summed E-state index contributed by atoms with van der Waals surface area (Å²) in [5, 5.41) is 17.4. The summed E-state index contributed by atoms with van der Waals surface area (Å²) in [6.07, 6.45) is 1.94. The third kappa shape index (κ3) is 1.59. The Bertz CT molecular complexity index is 360. The van der Waals surface area contributed by atoms with Crippen LogP contribution in [0.4, 0.5) is 5.82 Å². The summed E-state index contributed by atoms with van der Waals surface area (Å²) in [6.45, 7) is 0. The van der Waals surface area contributed by atoms with Crippen molar-refractivity contribution >= 4 is 17.7 Å². The predicted octanol–water partition coefficient (Wildman–Crippen LogP) is 0.0689. The minimum atomic E-state index is -0.908. The summed E-state index contributed by atoms with van der Waals surface area (Å²) in [4.78, 5) is 21.8. The van der Waals surface area contributed by atoms with Gasteiger partial charge in [0.15, 0.2) is 0 Å². The van der Waals surface area contributed by atoms with Gasteiger partial charge >= 0.3 is 5.97 Å². The number of nitrogens with zero attached hydrogens (tertiary/aromatic N) is 1. The molecule has 1 aliphatic carbocycles. The lowest BCUT2D eigenvalue weighted by Crippen LogP contribution is -2.16. The van der Waals surface area contributed by atoms with Crippen molar-refractivity contribution in [3.05, 3.63) is 12.3 Å². The number of aromatic nitrogens is 2. The van der Waals surface area contributed by atoms with E-state index in [0.29, 0.717) is 12.2 Å². The molecule has 1 heterocycles. The number of aromatic amines is 1. The third-order valence-electron chi connectivity index (χ3n) is 2.20. The van der Waals surface area contributed by atoms with Crippen LogP contribution < -0.4 is 5.32 Å². The number of rotatable bonds is 3.